The summed E-state index contributed by atoms with van der Waals surface area (Å²) in [6, 6.07) is 0. The van der Waals surface area contributed by atoms with Gasteiger partial charge in [-0.2, -0.15) is 0 Å². The Morgan fingerprint density at radius 2 is 0.923 bits per heavy atom. The third kappa shape index (κ3) is 18.7. The molecule has 0 aromatic carbocycles. The zero-order chi connectivity index (χ0) is 10.3. The summed E-state index contributed by atoms with van der Waals surface area (Å²) in [7, 11) is 6.48. The van der Waals surface area contributed by atoms with E-state index < -0.39 is 0 Å². The zero-order valence-corrected chi connectivity index (χ0v) is 10.6. The molecule has 0 fully saturated rings. The van der Waals surface area contributed by atoms with Gasteiger partial charge in [-0.05, 0) is 0 Å². The van der Waals surface area contributed by atoms with E-state index in [1.54, 1.807) is 28.2 Å². The first kappa shape index (κ1) is 18.6. The minimum Gasteiger partial charge on any atom is -0.719 e. The molecule has 0 rings (SSSR count). The quantitative estimate of drug-likeness (QED) is 0.470. The molecule has 0 N–H and O–H groups in total. The van der Waals surface area contributed by atoms with E-state index in [4.69, 9.17) is 0 Å². The molecule has 0 saturated carbocycles. The molecule has 0 aromatic heterocycles. The van der Waals surface area contributed by atoms with Crippen LogP contribution in [0.4, 0.5) is 9.59 Å². The van der Waals surface area contributed by atoms with Gasteiger partial charge in [0.15, 0.2) is 0 Å². The van der Waals surface area contributed by atoms with Crippen LogP contribution in [-0.2, 0) is 42.3 Å². The van der Waals surface area contributed by atoms with Crippen molar-refractivity contribution in [3.05, 3.63) is 0 Å². The van der Waals surface area contributed by atoms with Crippen LogP contribution in [0.5, 0.6) is 0 Å². The summed E-state index contributed by atoms with van der Waals surface area (Å²) in [6.07, 6.45) is 0. The fourth-order valence-electron chi connectivity index (χ4n) is 0. The van der Waals surface area contributed by atoms with Gasteiger partial charge in [-0.15, -0.1) is 0 Å². The third-order valence-electron chi connectivity index (χ3n) is 0.730. The molecule has 0 spiro atoms. The van der Waals surface area contributed by atoms with Crippen molar-refractivity contribution in [2.24, 2.45) is 0 Å². The Morgan fingerprint density at radius 1 is 0.846 bits per heavy atom. The molecule has 0 radical (unpaired) electrons. The number of rotatable bonds is 0. The van der Waals surface area contributed by atoms with E-state index in [0.29, 0.717) is 0 Å². The molecule has 7 heteroatoms. The van der Waals surface area contributed by atoms with Crippen molar-refractivity contribution in [2.45, 2.75) is 0 Å². The van der Waals surface area contributed by atoms with Crippen LogP contribution in [0, 0.1) is 0 Å². The standard InChI is InChI=1S/2C3H7NOS.Fe/c2*1-4(2)3(5)6;/h2*1-2H3,(H,5,6);/q;;+2/p-2. The first-order valence-corrected chi connectivity index (χ1v) is 3.87. The van der Waals surface area contributed by atoms with Crippen molar-refractivity contribution < 1.29 is 26.7 Å². The Balaban J connectivity index is -0.000000143. The molecule has 0 saturated heterocycles. The summed E-state index contributed by atoms with van der Waals surface area (Å²) < 4.78 is 0. The van der Waals surface area contributed by atoms with Crippen LogP contribution in [0.2, 0.25) is 0 Å². The largest absolute Gasteiger partial charge is 2.00 e. The normalized spacial score (nSPS) is 7.08. The van der Waals surface area contributed by atoms with Gasteiger partial charge in [-0.25, -0.2) is 0 Å². The number of nitrogens with zero attached hydrogens (tertiary/aromatic N) is 2. The maximum absolute atomic E-state index is 9.88. The van der Waals surface area contributed by atoms with Crippen LogP contribution in [-0.4, -0.2) is 48.5 Å². The maximum atomic E-state index is 9.88. The monoisotopic (exact) mass is 264 g/mol. The van der Waals surface area contributed by atoms with E-state index in [1.165, 1.54) is 9.80 Å². The van der Waals surface area contributed by atoms with Gasteiger partial charge in [0.05, 0.1) is 0 Å². The van der Waals surface area contributed by atoms with E-state index in [2.05, 4.69) is 25.3 Å². The second kappa shape index (κ2) is 9.98. The predicted octanol–water partition coefficient (Wildman–Crippen LogP) is 0.427. The Labute approximate surface area is 100 Å². The molecule has 0 aliphatic carbocycles. The number of carbonyl (C=O) groups is 2. The van der Waals surface area contributed by atoms with Crippen molar-refractivity contribution in [1.82, 2.24) is 9.80 Å². The summed E-state index contributed by atoms with van der Waals surface area (Å²) in [5.74, 6) is 0. The molecule has 2 amide bonds. The van der Waals surface area contributed by atoms with Gasteiger partial charge in [0.2, 0.25) is 0 Å². The van der Waals surface area contributed by atoms with Gasteiger partial charge >= 0.3 is 17.1 Å². The molecule has 0 aromatic rings. The predicted molar refractivity (Wildman–Crippen MR) is 52.9 cm³/mol. The summed E-state index contributed by atoms with van der Waals surface area (Å²) in [5, 5.41) is -0.648. The molecule has 0 aliphatic heterocycles. The first-order valence-electron chi connectivity index (χ1n) is 3.05. The Kier molecular flexibility index (Phi) is 14.3. The average molecular weight is 264 g/mol. The number of carbonyl (C=O) groups excluding carboxylic acids is 2. The molecule has 0 unspecified atom stereocenters. The molecule has 0 aliphatic rings. The van der Waals surface area contributed by atoms with Gasteiger partial charge < -0.3 is 44.6 Å². The van der Waals surface area contributed by atoms with Crippen LogP contribution >= 0.6 is 0 Å². The second-order valence-corrected chi connectivity index (χ2v) is 3.02. The smallest absolute Gasteiger partial charge is 0.719 e. The van der Waals surface area contributed by atoms with Gasteiger partial charge in [-0.3, -0.25) is 0 Å². The zero-order valence-electron chi connectivity index (χ0n) is 7.88. The molecular formula is C6H12FeN2O2S2. The van der Waals surface area contributed by atoms with Gasteiger partial charge in [0.1, 0.15) is 10.5 Å². The van der Waals surface area contributed by atoms with Crippen molar-refractivity contribution in [3.8, 4) is 0 Å². The SMILES string of the molecule is CN(C)C(=O)[S-].CN(C)C(=O)[S-].[Fe+2]. The van der Waals surface area contributed by atoms with Crippen molar-refractivity contribution in [3.63, 3.8) is 0 Å². The van der Waals surface area contributed by atoms with E-state index in [1.807, 2.05) is 0 Å². The number of hydrogen-bond acceptors (Lipinski definition) is 4. The molecule has 13 heavy (non-hydrogen) atoms. The van der Waals surface area contributed by atoms with Crippen molar-refractivity contribution in [1.29, 1.82) is 0 Å². The molecule has 4 nitrogen and oxygen atoms in total. The molecule has 0 atom stereocenters. The average Bonchev–Trinajstić information content (AvgIpc) is 1.88. The van der Waals surface area contributed by atoms with Crippen LogP contribution in [0.25, 0.3) is 0 Å². The van der Waals surface area contributed by atoms with Crippen LogP contribution in [0.15, 0.2) is 0 Å². The number of amides is 2. The Morgan fingerprint density at radius 3 is 0.923 bits per heavy atom. The second-order valence-electron chi connectivity index (χ2n) is 2.32. The summed E-state index contributed by atoms with van der Waals surface area (Å²) >= 11 is 8.38. The molecule has 78 valence electrons. The summed E-state index contributed by atoms with van der Waals surface area (Å²) in [5.41, 5.74) is 0. The van der Waals surface area contributed by atoms with Crippen LogP contribution < -0.4 is 0 Å². The Hall–Kier alpha value is -0.101. The van der Waals surface area contributed by atoms with Gasteiger partial charge in [0, 0.05) is 28.2 Å². The van der Waals surface area contributed by atoms with E-state index in [9.17, 15) is 9.59 Å². The van der Waals surface area contributed by atoms with Crippen molar-refractivity contribution in [2.75, 3.05) is 28.2 Å². The van der Waals surface area contributed by atoms with E-state index in [-0.39, 0.29) is 27.5 Å². The van der Waals surface area contributed by atoms with Crippen LogP contribution in [0.1, 0.15) is 0 Å². The third-order valence-corrected chi connectivity index (χ3v) is 1.46. The first-order chi connectivity index (χ1) is 5.29. The minimum absolute atomic E-state index is 0. The van der Waals surface area contributed by atoms with Gasteiger partial charge in [-0.1, -0.05) is 0 Å². The molecule has 0 bridgehead atoms. The topological polar surface area (TPSA) is 40.6 Å². The fraction of sp³-hybridized carbons (Fsp3) is 0.667. The number of hydrogen-bond donors (Lipinski definition) is 0. The fourth-order valence-corrected chi connectivity index (χ4v) is 0. The van der Waals surface area contributed by atoms with E-state index in [0.717, 1.165) is 0 Å². The minimum atomic E-state index is -0.324. The molecular weight excluding hydrogens is 252 g/mol. The maximum Gasteiger partial charge on any atom is 2.00 e. The summed E-state index contributed by atoms with van der Waals surface area (Å²) in [4.78, 5) is 22.5. The van der Waals surface area contributed by atoms with E-state index >= 15 is 0 Å². The molecule has 0 heterocycles. The van der Waals surface area contributed by atoms with Gasteiger partial charge in [0.25, 0.3) is 0 Å². The summed E-state index contributed by atoms with van der Waals surface area (Å²) in [6.45, 7) is 0. The van der Waals surface area contributed by atoms with Crippen molar-refractivity contribution >= 4 is 35.7 Å². The Bertz CT molecular complexity index is 147. The van der Waals surface area contributed by atoms with Crippen LogP contribution in [0.3, 0.4) is 0 Å².